The highest BCUT2D eigenvalue weighted by molar-refractivity contribution is 7.80. The van der Waals surface area contributed by atoms with Gasteiger partial charge >= 0.3 is 0 Å². The Balaban J connectivity index is 2.32. The van der Waals surface area contributed by atoms with E-state index in [0.717, 1.165) is 38.1 Å². The molecule has 1 aliphatic heterocycles. The molecular weight excluding hydrogens is 182 g/mol. The average Bonchev–Trinajstić information content (AvgIpc) is 2.11. The number of thiol groups is 1. The van der Waals surface area contributed by atoms with Crippen LogP contribution in [-0.2, 0) is 4.79 Å². The molecule has 0 unspecified atom stereocenters. The van der Waals surface area contributed by atoms with Gasteiger partial charge in [0.1, 0.15) is 0 Å². The first-order valence-corrected chi connectivity index (χ1v) is 5.86. The average molecular weight is 201 g/mol. The van der Waals surface area contributed by atoms with E-state index in [1.165, 1.54) is 19.3 Å². The third kappa shape index (κ3) is 4.03. The van der Waals surface area contributed by atoms with Crippen LogP contribution in [0.4, 0.5) is 0 Å². The van der Waals surface area contributed by atoms with Crippen molar-refractivity contribution in [1.29, 1.82) is 0 Å². The van der Waals surface area contributed by atoms with Crippen molar-refractivity contribution in [3.8, 4) is 0 Å². The fraction of sp³-hybridized carbons (Fsp3) is 0.900. The topological polar surface area (TPSA) is 20.3 Å². The number of hydrogen-bond acceptors (Lipinski definition) is 2. The molecule has 0 aromatic carbocycles. The standard InChI is InChI=1S/C10H19NOS/c12-10-6-3-1-2-4-7-11(10)8-5-9-13/h13H,1-9H2. The molecule has 1 heterocycles. The smallest absolute Gasteiger partial charge is 0.222 e. The van der Waals surface area contributed by atoms with Crippen LogP contribution in [0.1, 0.15) is 38.5 Å². The molecule has 76 valence electrons. The van der Waals surface area contributed by atoms with Crippen molar-refractivity contribution in [3.05, 3.63) is 0 Å². The molecule has 0 aromatic heterocycles. The van der Waals surface area contributed by atoms with Crippen LogP contribution in [0, 0.1) is 0 Å². The van der Waals surface area contributed by atoms with Crippen LogP contribution in [0.15, 0.2) is 0 Å². The lowest BCUT2D eigenvalue weighted by Gasteiger charge is -2.24. The van der Waals surface area contributed by atoms with E-state index in [1.807, 2.05) is 4.90 Å². The molecule has 2 nitrogen and oxygen atoms in total. The van der Waals surface area contributed by atoms with Crippen LogP contribution in [-0.4, -0.2) is 29.6 Å². The molecule has 13 heavy (non-hydrogen) atoms. The minimum absolute atomic E-state index is 0.349. The first-order valence-electron chi connectivity index (χ1n) is 5.23. The Hall–Kier alpha value is -0.180. The zero-order valence-corrected chi connectivity index (χ0v) is 9.06. The Morgan fingerprint density at radius 1 is 1.23 bits per heavy atom. The van der Waals surface area contributed by atoms with E-state index in [2.05, 4.69) is 12.6 Å². The third-order valence-corrected chi connectivity index (χ3v) is 2.82. The van der Waals surface area contributed by atoms with E-state index >= 15 is 0 Å². The van der Waals surface area contributed by atoms with Gasteiger partial charge in [-0.15, -0.1) is 0 Å². The number of nitrogens with zero attached hydrogens (tertiary/aromatic N) is 1. The number of amides is 1. The highest BCUT2D eigenvalue weighted by Gasteiger charge is 2.14. The lowest BCUT2D eigenvalue weighted by molar-refractivity contribution is -0.131. The first kappa shape index (κ1) is 10.9. The summed E-state index contributed by atoms with van der Waals surface area (Å²) in [6.07, 6.45) is 6.55. The number of hydrogen-bond donors (Lipinski definition) is 1. The first-order chi connectivity index (χ1) is 6.34. The van der Waals surface area contributed by atoms with E-state index in [4.69, 9.17) is 0 Å². The molecule has 0 bridgehead atoms. The number of carbonyl (C=O) groups is 1. The molecule has 0 saturated carbocycles. The summed E-state index contributed by atoms with van der Waals surface area (Å²) in [6, 6.07) is 0. The van der Waals surface area contributed by atoms with Crippen LogP contribution in [0.25, 0.3) is 0 Å². The SMILES string of the molecule is O=C1CCCCCCN1CCCS. The number of carbonyl (C=O) groups excluding carboxylic acids is 1. The summed E-state index contributed by atoms with van der Waals surface area (Å²) in [7, 11) is 0. The molecule has 0 aromatic rings. The Labute approximate surface area is 86.1 Å². The van der Waals surface area contributed by atoms with Gasteiger partial charge in [0, 0.05) is 19.5 Å². The molecule has 1 rings (SSSR count). The zero-order chi connectivity index (χ0) is 9.52. The van der Waals surface area contributed by atoms with Crippen molar-refractivity contribution in [1.82, 2.24) is 4.90 Å². The van der Waals surface area contributed by atoms with Gasteiger partial charge in [0.15, 0.2) is 0 Å². The van der Waals surface area contributed by atoms with Gasteiger partial charge in [-0.2, -0.15) is 12.6 Å². The minimum atomic E-state index is 0.349. The Morgan fingerprint density at radius 2 is 2.00 bits per heavy atom. The van der Waals surface area contributed by atoms with Gasteiger partial charge in [-0.25, -0.2) is 0 Å². The fourth-order valence-corrected chi connectivity index (χ4v) is 1.85. The molecule has 1 fully saturated rings. The lowest BCUT2D eigenvalue weighted by Crippen LogP contribution is -2.33. The lowest BCUT2D eigenvalue weighted by atomic mass is 10.1. The fourth-order valence-electron chi connectivity index (χ4n) is 1.71. The highest BCUT2D eigenvalue weighted by Crippen LogP contribution is 2.11. The summed E-state index contributed by atoms with van der Waals surface area (Å²) in [5.74, 6) is 1.23. The molecule has 1 aliphatic rings. The van der Waals surface area contributed by atoms with Gasteiger partial charge in [-0.1, -0.05) is 12.8 Å². The van der Waals surface area contributed by atoms with Gasteiger partial charge < -0.3 is 4.90 Å². The molecular formula is C10H19NOS. The van der Waals surface area contributed by atoms with Gasteiger partial charge in [-0.05, 0) is 25.0 Å². The van der Waals surface area contributed by atoms with E-state index < -0.39 is 0 Å². The Kier molecular flexibility index (Phi) is 5.28. The van der Waals surface area contributed by atoms with Crippen molar-refractivity contribution in [3.63, 3.8) is 0 Å². The van der Waals surface area contributed by atoms with Gasteiger partial charge in [0.2, 0.25) is 5.91 Å². The monoisotopic (exact) mass is 201 g/mol. The zero-order valence-electron chi connectivity index (χ0n) is 8.17. The molecule has 1 saturated heterocycles. The summed E-state index contributed by atoms with van der Waals surface area (Å²) >= 11 is 4.16. The third-order valence-electron chi connectivity index (χ3n) is 2.51. The molecule has 1 amide bonds. The van der Waals surface area contributed by atoms with Crippen LogP contribution < -0.4 is 0 Å². The Morgan fingerprint density at radius 3 is 2.77 bits per heavy atom. The van der Waals surface area contributed by atoms with Crippen LogP contribution in [0.3, 0.4) is 0 Å². The van der Waals surface area contributed by atoms with Gasteiger partial charge in [0.25, 0.3) is 0 Å². The summed E-state index contributed by atoms with van der Waals surface area (Å²) in [4.78, 5) is 13.6. The predicted molar refractivity (Wildman–Crippen MR) is 58.1 cm³/mol. The maximum absolute atomic E-state index is 11.6. The largest absolute Gasteiger partial charge is 0.343 e. The van der Waals surface area contributed by atoms with Gasteiger partial charge in [0.05, 0.1) is 0 Å². The van der Waals surface area contributed by atoms with Crippen molar-refractivity contribution in [2.45, 2.75) is 38.5 Å². The second kappa shape index (κ2) is 6.30. The molecule has 0 N–H and O–H groups in total. The minimum Gasteiger partial charge on any atom is -0.343 e. The van der Waals surface area contributed by atoms with Crippen LogP contribution >= 0.6 is 12.6 Å². The van der Waals surface area contributed by atoms with E-state index in [0.29, 0.717) is 5.91 Å². The number of rotatable bonds is 3. The summed E-state index contributed by atoms with van der Waals surface area (Å²) in [5, 5.41) is 0. The Bertz CT molecular complexity index is 159. The van der Waals surface area contributed by atoms with E-state index in [9.17, 15) is 4.79 Å². The van der Waals surface area contributed by atoms with Gasteiger partial charge in [-0.3, -0.25) is 4.79 Å². The van der Waals surface area contributed by atoms with Crippen molar-refractivity contribution in [2.75, 3.05) is 18.8 Å². The van der Waals surface area contributed by atoms with Crippen molar-refractivity contribution >= 4 is 18.5 Å². The maximum atomic E-state index is 11.6. The second-order valence-electron chi connectivity index (χ2n) is 3.62. The molecule has 3 heteroatoms. The second-order valence-corrected chi connectivity index (χ2v) is 4.07. The molecule has 0 atom stereocenters. The van der Waals surface area contributed by atoms with Crippen molar-refractivity contribution < 1.29 is 4.79 Å². The summed E-state index contributed by atoms with van der Waals surface area (Å²) in [6.45, 7) is 1.87. The highest BCUT2D eigenvalue weighted by atomic mass is 32.1. The van der Waals surface area contributed by atoms with E-state index in [1.54, 1.807) is 0 Å². The molecule has 0 radical (unpaired) electrons. The normalized spacial score (nSPS) is 19.8. The molecule has 0 aliphatic carbocycles. The van der Waals surface area contributed by atoms with Crippen LogP contribution in [0.5, 0.6) is 0 Å². The van der Waals surface area contributed by atoms with Crippen molar-refractivity contribution in [2.24, 2.45) is 0 Å². The number of likely N-dealkylation sites (tertiary alicyclic amines) is 1. The van der Waals surface area contributed by atoms with E-state index in [-0.39, 0.29) is 0 Å². The summed E-state index contributed by atoms with van der Waals surface area (Å²) in [5.41, 5.74) is 0. The quantitative estimate of drug-likeness (QED) is 0.693. The summed E-state index contributed by atoms with van der Waals surface area (Å²) < 4.78 is 0. The predicted octanol–water partition coefficient (Wildman–Crippen LogP) is 2.10. The van der Waals surface area contributed by atoms with Crippen LogP contribution in [0.2, 0.25) is 0 Å². The molecule has 0 spiro atoms. The maximum Gasteiger partial charge on any atom is 0.222 e.